The van der Waals surface area contributed by atoms with Gasteiger partial charge in [0.15, 0.2) is 15.0 Å². The van der Waals surface area contributed by atoms with Crippen LogP contribution in [0.1, 0.15) is 12.0 Å². The van der Waals surface area contributed by atoms with Crippen LogP contribution in [0.5, 0.6) is 5.75 Å². The molecule has 0 N–H and O–H groups in total. The minimum atomic E-state index is -3.15. The first-order valence-corrected chi connectivity index (χ1v) is 12.6. The number of sulfone groups is 1. The summed E-state index contributed by atoms with van der Waals surface area (Å²) >= 11 is 7.55. The van der Waals surface area contributed by atoms with Crippen LogP contribution in [-0.2, 0) is 21.1 Å². The van der Waals surface area contributed by atoms with Gasteiger partial charge in [0.2, 0.25) is 5.91 Å². The molecule has 4 rings (SSSR count). The number of hydrogen-bond donors (Lipinski definition) is 0. The Kier molecular flexibility index (Phi) is 6.09. The summed E-state index contributed by atoms with van der Waals surface area (Å²) < 4.78 is 29.9. The maximum absolute atomic E-state index is 12.6. The van der Waals surface area contributed by atoms with Crippen molar-refractivity contribution in [3.63, 3.8) is 0 Å². The Morgan fingerprint density at radius 2 is 2.00 bits per heavy atom. The van der Waals surface area contributed by atoms with Crippen molar-refractivity contribution in [1.29, 1.82) is 0 Å². The number of thioether (sulfide) groups is 1. The normalized spacial score (nSPS) is 23.5. The summed E-state index contributed by atoms with van der Waals surface area (Å²) in [6, 6.07) is 14.6. The molecule has 0 aliphatic carbocycles. The van der Waals surface area contributed by atoms with Gasteiger partial charge in [0.1, 0.15) is 5.75 Å². The number of aryl methyl sites for hydroxylation is 1. The number of methoxy groups -OCH3 is 1. The zero-order valence-corrected chi connectivity index (χ0v) is 18.7. The Balaban J connectivity index is 1.64. The summed E-state index contributed by atoms with van der Waals surface area (Å²) in [7, 11) is -1.61. The number of anilines is 1. The Hall–Kier alpha value is -2.03. The van der Waals surface area contributed by atoms with E-state index in [1.165, 1.54) is 11.8 Å². The number of rotatable bonds is 5. The van der Waals surface area contributed by atoms with Gasteiger partial charge in [0.25, 0.3) is 0 Å². The SMILES string of the molecule is COc1ccc(Cl)cc1N1C(=NC(=O)CCc2ccccc2)S[C@@H]2CS(=O)(=O)C[C@H]21. The summed E-state index contributed by atoms with van der Waals surface area (Å²) in [5.41, 5.74) is 1.69. The molecule has 9 heteroatoms. The minimum Gasteiger partial charge on any atom is -0.495 e. The molecule has 0 spiro atoms. The summed E-state index contributed by atoms with van der Waals surface area (Å²) in [6.45, 7) is 0. The molecule has 2 atom stereocenters. The molecule has 1 amide bonds. The fourth-order valence-corrected chi connectivity index (χ4v) is 7.85. The van der Waals surface area contributed by atoms with Gasteiger partial charge < -0.3 is 9.64 Å². The Bertz CT molecular complexity index is 1090. The second kappa shape index (κ2) is 8.61. The van der Waals surface area contributed by atoms with Crippen LogP contribution < -0.4 is 9.64 Å². The van der Waals surface area contributed by atoms with Crippen LogP contribution in [0.2, 0.25) is 5.02 Å². The van der Waals surface area contributed by atoms with Gasteiger partial charge in [-0.3, -0.25) is 4.79 Å². The Labute approximate surface area is 185 Å². The van der Waals surface area contributed by atoms with E-state index in [1.54, 1.807) is 25.3 Å². The number of carbonyl (C=O) groups is 1. The standard InChI is InChI=1S/C21H21ClN2O4S2/c1-28-18-9-8-15(22)11-16(18)24-17-12-30(26,27)13-19(17)29-21(24)23-20(25)10-7-14-5-3-2-4-6-14/h2-6,8-9,11,17,19H,7,10,12-13H2,1H3/t17-,19-/m1/s1. The average Bonchev–Trinajstić information content (AvgIpc) is 3.17. The predicted molar refractivity (Wildman–Crippen MR) is 122 cm³/mol. The molecular formula is C21H21ClN2O4S2. The average molecular weight is 465 g/mol. The maximum atomic E-state index is 12.6. The number of aliphatic imine (C=N–C) groups is 1. The van der Waals surface area contributed by atoms with E-state index in [9.17, 15) is 13.2 Å². The van der Waals surface area contributed by atoms with Crippen LogP contribution in [-0.4, -0.2) is 49.4 Å². The highest BCUT2D eigenvalue weighted by molar-refractivity contribution is 8.16. The van der Waals surface area contributed by atoms with Gasteiger partial charge in [-0.15, -0.1) is 0 Å². The Morgan fingerprint density at radius 1 is 1.23 bits per heavy atom. The molecule has 0 bridgehead atoms. The molecule has 2 aliphatic heterocycles. The monoisotopic (exact) mass is 464 g/mol. The lowest BCUT2D eigenvalue weighted by molar-refractivity contribution is -0.117. The molecule has 2 aromatic carbocycles. The van der Waals surface area contributed by atoms with Crippen LogP contribution in [0.4, 0.5) is 5.69 Å². The lowest BCUT2D eigenvalue weighted by Gasteiger charge is -2.26. The number of amidine groups is 1. The third-order valence-corrected chi connectivity index (χ3v) is 8.60. The molecule has 6 nitrogen and oxygen atoms in total. The first kappa shape index (κ1) is 21.2. The van der Waals surface area contributed by atoms with Gasteiger partial charge in [0, 0.05) is 16.7 Å². The first-order valence-electron chi connectivity index (χ1n) is 9.51. The van der Waals surface area contributed by atoms with E-state index in [0.29, 0.717) is 28.0 Å². The number of carbonyl (C=O) groups excluding carboxylic acids is 1. The van der Waals surface area contributed by atoms with E-state index in [1.807, 2.05) is 35.2 Å². The fourth-order valence-electron chi connectivity index (χ4n) is 3.76. The highest BCUT2D eigenvalue weighted by Gasteiger charge is 2.50. The molecular weight excluding hydrogens is 444 g/mol. The van der Waals surface area contributed by atoms with Crippen molar-refractivity contribution in [1.82, 2.24) is 0 Å². The van der Waals surface area contributed by atoms with Gasteiger partial charge in [-0.05, 0) is 30.2 Å². The second-order valence-corrected chi connectivity index (χ2v) is 11.1. The number of hydrogen-bond acceptors (Lipinski definition) is 5. The smallest absolute Gasteiger partial charge is 0.248 e. The van der Waals surface area contributed by atoms with Crippen molar-refractivity contribution >= 4 is 50.0 Å². The topological polar surface area (TPSA) is 76.0 Å². The van der Waals surface area contributed by atoms with Crippen molar-refractivity contribution in [2.75, 3.05) is 23.5 Å². The predicted octanol–water partition coefficient (Wildman–Crippen LogP) is 3.58. The van der Waals surface area contributed by atoms with Gasteiger partial charge in [-0.2, -0.15) is 4.99 Å². The molecule has 2 aliphatic rings. The van der Waals surface area contributed by atoms with Crippen molar-refractivity contribution in [2.24, 2.45) is 4.99 Å². The number of halogens is 1. The lowest BCUT2D eigenvalue weighted by Crippen LogP contribution is -2.38. The van der Waals surface area contributed by atoms with Crippen molar-refractivity contribution in [3.05, 3.63) is 59.1 Å². The highest BCUT2D eigenvalue weighted by Crippen LogP contribution is 2.44. The fraction of sp³-hybridized carbons (Fsp3) is 0.333. The van der Waals surface area contributed by atoms with Gasteiger partial charge in [-0.25, -0.2) is 8.42 Å². The summed E-state index contributed by atoms with van der Waals surface area (Å²) in [4.78, 5) is 18.8. The number of fused-ring (bicyclic) bond motifs is 1. The second-order valence-electron chi connectivity index (χ2n) is 7.26. The third-order valence-electron chi connectivity index (χ3n) is 5.16. The van der Waals surface area contributed by atoms with Crippen molar-refractivity contribution in [3.8, 4) is 5.75 Å². The van der Waals surface area contributed by atoms with E-state index in [0.717, 1.165) is 5.56 Å². The summed E-state index contributed by atoms with van der Waals surface area (Å²) in [5.74, 6) is 0.390. The quantitative estimate of drug-likeness (QED) is 0.673. The minimum absolute atomic E-state index is 0.0115. The third kappa shape index (κ3) is 4.50. The molecule has 0 saturated carbocycles. The van der Waals surface area contributed by atoms with Crippen molar-refractivity contribution in [2.45, 2.75) is 24.1 Å². The largest absolute Gasteiger partial charge is 0.495 e. The van der Waals surface area contributed by atoms with E-state index >= 15 is 0 Å². The maximum Gasteiger partial charge on any atom is 0.248 e. The molecule has 0 unspecified atom stereocenters. The van der Waals surface area contributed by atoms with E-state index in [2.05, 4.69) is 4.99 Å². The van der Waals surface area contributed by atoms with Crippen molar-refractivity contribution < 1.29 is 17.9 Å². The summed E-state index contributed by atoms with van der Waals surface area (Å²) in [6.07, 6.45) is 0.880. The first-order chi connectivity index (χ1) is 14.4. The number of benzene rings is 2. The zero-order chi connectivity index (χ0) is 21.3. The number of ether oxygens (including phenoxy) is 1. The molecule has 30 heavy (non-hydrogen) atoms. The lowest BCUT2D eigenvalue weighted by atomic mass is 10.1. The van der Waals surface area contributed by atoms with E-state index < -0.39 is 9.84 Å². The molecule has 158 valence electrons. The van der Waals surface area contributed by atoms with Crippen LogP contribution in [0.25, 0.3) is 0 Å². The van der Waals surface area contributed by atoms with E-state index in [4.69, 9.17) is 16.3 Å². The van der Waals surface area contributed by atoms with Gasteiger partial charge in [0.05, 0.1) is 30.3 Å². The molecule has 2 aromatic rings. The van der Waals surface area contributed by atoms with Crippen LogP contribution in [0, 0.1) is 0 Å². The van der Waals surface area contributed by atoms with Gasteiger partial charge >= 0.3 is 0 Å². The summed E-state index contributed by atoms with van der Waals surface area (Å²) in [5, 5.41) is 0.813. The molecule has 2 heterocycles. The number of amides is 1. The van der Waals surface area contributed by atoms with Crippen LogP contribution in [0.3, 0.4) is 0 Å². The van der Waals surface area contributed by atoms with Crippen LogP contribution >= 0.6 is 23.4 Å². The molecule has 2 saturated heterocycles. The molecule has 0 aromatic heterocycles. The number of nitrogens with zero attached hydrogens (tertiary/aromatic N) is 2. The van der Waals surface area contributed by atoms with Gasteiger partial charge in [-0.1, -0.05) is 53.7 Å². The molecule has 2 fully saturated rings. The molecule has 0 radical (unpaired) electrons. The van der Waals surface area contributed by atoms with E-state index in [-0.39, 0.29) is 35.1 Å². The zero-order valence-electron chi connectivity index (χ0n) is 16.3. The highest BCUT2D eigenvalue weighted by atomic mass is 35.5. The Morgan fingerprint density at radius 3 is 2.73 bits per heavy atom. The van der Waals surface area contributed by atoms with Crippen LogP contribution in [0.15, 0.2) is 53.5 Å².